The van der Waals surface area contributed by atoms with Crippen molar-refractivity contribution in [3.63, 3.8) is 0 Å². The number of rotatable bonds is 6. The predicted octanol–water partition coefficient (Wildman–Crippen LogP) is 2.48. The minimum absolute atomic E-state index is 0.209. The number of anilines is 1. The zero-order chi connectivity index (χ0) is 24.3. The molecular weight excluding hydrogens is 444 g/mol. The van der Waals surface area contributed by atoms with E-state index in [4.69, 9.17) is 4.74 Å². The molecule has 180 valence electrons. The number of nitrogens with one attached hydrogen (secondary N) is 3. The maximum atomic E-state index is 13.8. The molecule has 4 heterocycles. The van der Waals surface area contributed by atoms with Crippen LogP contribution in [0.3, 0.4) is 0 Å². The van der Waals surface area contributed by atoms with Crippen LogP contribution in [-0.4, -0.2) is 53.9 Å². The summed E-state index contributed by atoms with van der Waals surface area (Å²) in [6.07, 6.45) is 3.03. The number of carbonyl (C=O) groups is 3. The first kappa shape index (κ1) is 22.0. The normalized spacial score (nSPS) is 27.2. The molecule has 2 aromatic carbocycles. The number of amides is 3. The Morgan fingerprint density at radius 3 is 2.74 bits per heavy atom. The third-order valence-corrected chi connectivity index (χ3v) is 7.81. The van der Waals surface area contributed by atoms with E-state index in [1.807, 2.05) is 55.6 Å². The molecule has 3 aliphatic rings. The fourth-order valence-electron chi connectivity index (χ4n) is 6.28. The molecule has 3 aliphatic heterocycles. The summed E-state index contributed by atoms with van der Waals surface area (Å²) in [6, 6.07) is 13.4. The molecule has 3 N–H and O–H groups in total. The number of hydrogen-bond donors (Lipinski definition) is 3. The summed E-state index contributed by atoms with van der Waals surface area (Å²) in [5, 5.41) is 7.58. The number of carbonyl (C=O) groups excluding carboxylic acids is 3. The van der Waals surface area contributed by atoms with Gasteiger partial charge in [-0.15, -0.1) is 0 Å². The third kappa shape index (κ3) is 3.10. The summed E-state index contributed by atoms with van der Waals surface area (Å²) >= 11 is 0. The van der Waals surface area contributed by atoms with Crippen molar-refractivity contribution in [1.82, 2.24) is 15.2 Å². The molecule has 2 saturated heterocycles. The Morgan fingerprint density at radius 2 is 1.91 bits per heavy atom. The summed E-state index contributed by atoms with van der Waals surface area (Å²) in [7, 11) is 1.60. The highest BCUT2D eigenvalue weighted by Crippen LogP contribution is 2.53. The molecule has 0 radical (unpaired) electrons. The third-order valence-electron chi connectivity index (χ3n) is 7.81. The molecule has 8 nitrogen and oxygen atoms in total. The second kappa shape index (κ2) is 8.03. The smallest absolute Gasteiger partial charge is 0.250 e. The Bertz CT molecular complexity index is 1360. The summed E-state index contributed by atoms with van der Waals surface area (Å²) < 4.78 is 5.14. The molecule has 4 atom stereocenters. The second-order valence-corrected chi connectivity index (χ2v) is 9.80. The van der Waals surface area contributed by atoms with E-state index in [1.165, 1.54) is 4.90 Å². The minimum atomic E-state index is -1.27. The second-order valence-electron chi connectivity index (χ2n) is 9.80. The van der Waals surface area contributed by atoms with Crippen LogP contribution in [0.4, 0.5) is 5.69 Å². The number of para-hydroxylation sites is 1. The van der Waals surface area contributed by atoms with Crippen LogP contribution in [0.2, 0.25) is 0 Å². The monoisotopic (exact) mass is 472 g/mol. The number of aryl methyl sites for hydroxylation is 1. The zero-order valence-electron chi connectivity index (χ0n) is 19.8. The number of ether oxygens (including phenoxy) is 1. The first-order chi connectivity index (χ1) is 17.0. The average molecular weight is 473 g/mol. The van der Waals surface area contributed by atoms with E-state index >= 15 is 0 Å². The molecule has 1 aromatic heterocycles. The predicted molar refractivity (Wildman–Crippen MR) is 131 cm³/mol. The van der Waals surface area contributed by atoms with Crippen molar-refractivity contribution in [1.29, 1.82) is 0 Å². The molecule has 0 aliphatic carbocycles. The first-order valence-corrected chi connectivity index (χ1v) is 12.0. The molecule has 6 rings (SSSR count). The number of aromatic amines is 1. The van der Waals surface area contributed by atoms with Crippen LogP contribution in [-0.2, 0) is 31.1 Å². The summed E-state index contributed by atoms with van der Waals surface area (Å²) in [4.78, 5) is 45.7. The Kier molecular flexibility index (Phi) is 5.05. The summed E-state index contributed by atoms with van der Waals surface area (Å²) in [5.41, 5.74) is 3.23. The fourth-order valence-corrected chi connectivity index (χ4v) is 6.28. The maximum absolute atomic E-state index is 13.8. The van der Waals surface area contributed by atoms with E-state index in [1.54, 1.807) is 7.11 Å². The number of methoxy groups -OCH3 is 1. The lowest BCUT2D eigenvalue weighted by molar-refractivity contribution is -0.143. The first-order valence-electron chi connectivity index (χ1n) is 12.0. The Labute approximate surface area is 203 Å². The largest absolute Gasteiger partial charge is 0.385 e. The highest BCUT2D eigenvalue weighted by Gasteiger charge is 2.70. The van der Waals surface area contributed by atoms with Crippen LogP contribution in [0.25, 0.3) is 10.9 Å². The van der Waals surface area contributed by atoms with E-state index in [0.717, 1.165) is 27.6 Å². The number of likely N-dealkylation sites (tertiary alicyclic amines) is 1. The molecule has 0 unspecified atom stereocenters. The van der Waals surface area contributed by atoms with Gasteiger partial charge in [0, 0.05) is 54.7 Å². The van der Waals surface area contributed by atoms with Crippen LogP contribution in [0, 0.1) is 18.8 Å². The maximum Gasteiger partial charge on any atom is 0.250 e. The average Bonchev–Trinajstić information content (AvgIpc) is 3.55. The molecular formula is C27H28N4O4. The van der Waals surface area contributed by atoms with E-state index in [2.05, 4.69) is 15.6 Å². The Hall–Kier alpha value is -3.49. The van der Waals surface area contributed by atoms with Crippen LogP contribution in [0.15, 0.2) is 48.7 Å². The topological polar surface area (TPSA) is 104 Å². The molecule has 1 spiro atoms. The number of aromatic nitrogens is 1. The number of benzene rings is 2. The van der Waals surface area contributed by atoms with Gasteiger partial charge >= 0.3 is 0 Å². The van der Waals surface area contributed by atoms with E-state index in [0.29, 0.717) is 25.1 Å². The molecule has 2 fully saturated rings. The van der Waals surface area contributed by atoms with Crippen LogP contribution in [0.1, 0.15) is 23.1 Å². The minimum Gasteiger partial charge on any atom is -0.385 e. The van der Waals surface area contributed by atoms with Gasteiger partial charge in [0.25, 0.3) is 0 Å². The van der Waals surface area contributed by atoms with Gasteiger partial charge in [0.1, 0.15) is 5.54 Å². The van der Waals surface area contributed by atoms with Crippen molar-refractivity contribution >= 4 is 34.3 Å². The van der Waals surface area contributed by atoms with Gasteiger partial charge in [-0.2, -0.15) is 0 Å². The van der Waals surface area contributed by atoms with Crippen molar-refractivity contribution in [2.75, 3.05) is 25.6 Å². The van der Waals surface area contributed by atoms with Gasteiger partial charge in [-0.25, -0.2) is 0 Å². The van der Waals surface area contributed by atoms with Crippen molar-refractivity contribution in [2.24, 2.45) is 11.8 Å². The molecule has 3 aromatic rings. The number of H-pyrrole nitrogens is 1. The van der Waals surface area contributed by atoms with Crippen molar-refractivity contribution in [2.45, 2.75) is 31.3 Å². The lowest BCUT2D eigenvalue weighted by Gasteiger charge is -2.29. The highest BCUT2D eigenvalue weighted by molar-refractivity contribution is 6.15. The Balaban J connectivity index is 1.45. The van der Waals surface area contributed by atoms with Crippen LogP contribution >= 0.6 is 0 Å². The zero-order valence-corrected chi connectivity index (χ0v) is 19.8. The van der Waals surface area contributed by atoms with Gasteiger partial charge in [0.05, 0.1) is 11.8 Å². The van der Waals surface area contributed by atoms with Crippen LogP contribution in [0.5, 0.6) is 0 Å². The lowest BCUT2D eigenvalue weighted by atomic mass is 9.76. The van der Waals surface area contributed by atoms with Crippen LogP contribution < -0.4 is 10.6 Å². The molecule has 8 heteroatoms. The quantitative estimate of drug-likeness (QED) is 0.378. The number of imide groups is 1. The Morgan fingerprint density at radius 1 is 1.09 bits per heavy atom. The summed E-state index contributed by atoms with van der Waals surface area (Å²) in [6.45, 7) is 2.71. The van der Waals surface area contributed by atoms with E-state index < -0.39 is 17.4 Å². The van der Waals surface area contributed by atoms with E-state index in [9.17, 15) is 14.4 Å². The molecule has 3 amide bonds. The van der Waals surface area contributed by atoms with E-state index in [-0.39, 0.29) is 30.3 Å². The number of nitrogens with zero attached hydrogens (tertiary/aromatic N) is 1. The SMILES string of the molecule is COCCCN1C(=O)[C@H]2[C@@H](C1=O)[C@@]1(N[C@@H]2Cc2c[nH]c3ccccc23)C(=O)Nc2ccc(C)cc21. The molecule has 0 saturated carbocycles. The molecule has 35 heavy (non-hydrogen) atoms. The standard InChI is InChI=1S/C27H28N4O4/c1-15-8-9-20-18(12-15)27(26(34)29-20)23-22(24(32)31(25(23)33)10-5-11-35-2)21(30-27)13-16-14-28-19-7-4-3-6-17(16)19/h3-4,6-9,12,14,21-23,28,30H,5,10-11,13H2,1-2H3,(H,29,34)/t21-,22-,23+,27-/m1/s1. The fraction of sp³-hybridized carbons (Fsp3) is 0.370. The van der Waals surface area contributed by atoms with Gasteiger partial charge < -0.3 is 15.0 Å². The van der Waals surface area contributed by atoms with Gasteiger partial charge in [-0.1, -0.05) is 35.9 Å². The van der Waals surface area contributed by atoms with Crippen molar-refractivity contribution < 1.29 is 19.1 Å². The van der Waals surface area contributed by atoms with Gasteiger partial charge in [-0.3, -0.25) is 24.6 Å². The number of fused-ring (bicyclic) bond motifs is 5. The van der Waals surface area contributed by atoms with Gasteiger partial charge in [0.2, 0.25) is 17.7 Å². The van der Waals surface area contributed by atoms with Crippen molar-refractivity contribution in [3.8, 4) is 0 Å². The van der Waals surface area contributed by atoms with Crippen molar-refractivity contribution in [3.05, 3.63) is 65.4 Å². The summed E-state index contributed by atoms with van der Waals surface area (Å²) in [5.74, 6) is -2.19. The molecule has 0 bridgehead atoms. The van der Waals surface area contributed by atoms with Gasteiger partial charge in [-0.05, 0) is 37.5 Å². The lowest BCUT2D eigenvalue weighted by Crippen LogP contribution is -2.53. The highest BCUT2D eigenvalue weighted by atomic mass is 16.5. The number of hydrogen-bond acceptors (Lipinski definition) is 5. The van der Waals surface area contributed by atoms with Gasteiger partial charge in [0.15, 0.2) is 0 Å².